The average Bonchev–Trinajstić information content (AvgIpc) is 2.86. The van der Waals surface area contributed by atoms with Gasteiger partial charge < -0.3 is 14.7 Å². The molecule has 0 aliphatic carbocycles. The molecule has 118 valence electrons. The number of hydrogen-bond donors (Lipinski definition) is 1. The van der Waals surface area contributed by atoms with E-state index in [4.69, 9.17) is 4.74 Å². The molecule has 2 rings (SSSR count). The highest BCUT2D eigenvalue weighted by molar-refractivity contribution is 5.95. The van der Waals surface area contributed by atoms with Crippen LogP contribution in [0.5, 0.6) is 5.75 Å². The molecule has 1 aromatic heterocycles. The van der Waals surface area contributed by atoms with E-state index in [-0.39, 0.29) is 12.5 Å². The van der Waals surface area contributed by atoms with Crippen molar-refractivity contribution in [2.45, 2.75) is 13.0 Å². The van der Waals surface area contributed by atoms with Gasteiger partial charge in [-0.3, -0.25) is 9.48 Å². The van der Waals surface area contributed by atoms with E-state index in [1.807, 2.05) is 24.3 Å². The minimum Gasteiger partial charge on any atom is -0.497 e. The smallest absolute Gasteiger partial charge is 0.257 e. The minimum absolute atomic E-state index is 0.159. The van der Waals surface area contributed by atoms with Gasteiger partial charge in [0, 0.05) is 20.3 Å². The molecule has 1 unspecified atom stereocenters. The van der Waals surface area contributed by atoms with E-state index in [1.165, 1.54) is 4.90 Å². The zero-order valence-corrected chi connectivity index (χ0v) is 13.3. The first-order chi connectivity index (χ1) is 10.5. The lowest BCUT2D eigenvalue weighted by Gasteiger charge is -2.27. The van der Waals surface area contributed by atoms with Gasteiger partial charge in [-0.25, -0.2) is 0 Å². The van der Waals surface area contributed by atoms with E-state index in [9.17, 15) is 9.90 Å². The molecule has 1 N–H and O–H groups in total. The second-order valence-electron chi connectivity index (χ2n) is 5.19. The highest BCUT2D eigenvalue weighted by atomic mass is 16.5. The minimum atomic E-state index is -0.419. The number of aryl methyl sites for hydroxylation is 2. The van der Waals surface area contributed by atoms with E-state index in [0.29, 0.717) is 11.3 Å². The third-order valence-electron chi connectivity index (χ3n) is 3.71. The fourth-order valence-corrected chi connectivity index (χ4v) is 2.42. The average molecular weight is 303 g/mol. The highest BCUT2D eigenvalue weighted by Crippen LogP contribution is 2.23. The molecule has 0 spiro atoms. The first-order valence-electron chi connectivity index (χ1n) is 7.00. The number of carbonyl (C=O) groups is 1. The van der Waals surface area contributed by atoms with Crippen LogP contribution < -0.4 is 4.74 Å². The van der Waals surface area contributed by atoms with Crippen LogP contribution in [0.15, 0.2) is 30.5 Å². The van der Waals surface area contributed by atoms with Crippen molar-refractivity contribution in [1.82, 2.24) is 14.7 Å². The van der Waals surface area contributed by atoms with Crippen molar-refractivity contribution in [3.63, 3.8) is 0 Å². The Kier molecular flexibility index (Phi) is 4.82. The van der Waals surface area contributed by atoms with Crippen molar-refractivity contribution < 1.29 is 14.6 Å². The van der Waals surface area contributed by atoms with E-state index < -0.39 is 6.04 Å². The van der Waals surface area contributed by atoms with E-state index in [2.05, 4.69) is 5.10 Å². The van der Waals surface area contributed by atoms with Gasteiger partial charge in [-0.1, -0.05) is 12.1 Å². The Morgan fingerprint density at radius 3 is 2.50 bits per heavy atom. The number of amides is 1. The van der Waals surface area contributed by atoms with E-state index in [1.54, 1.807) is 39.0 Å². The molecule has 6 nitrogen and oxygen atoms in total. The molecule has 0 fully saturated rings. The number of aromatic nitrogens is 2. The summed E-state index contributed by atoms with van der Waals surface area (Å²) in [7, 11) is 5.05. The Balaban J connectivity index is 2.25. The number of carbonyl (C=O) groups excluding carboxylic acids is 1. The number of aliphatic hydroxyl groups is 1. The van der Waals surface area contributed by atoms with Crippen molar-refractivity contribution in [1.29, 1.82) is 0 Å². The summed E-state index contributed by atoms with van der Waals surface area (Å²) in [6.45, 7) is 1.64. The molecule has 0 saturated carbocycles. The third kappa shape index (κ3) is 3.12. The van der Waals surface area contributed by atoms with Gasteiger partial charge in [-0.15, -0.1) is 0 Å². The fraction of sp³-hybridized carbons (Fsp3) is 0.375. The summed E-state index contributed by atoms with van der Waals surface area (Å²) in [5.74, 6) is 0.568. The van der Waals surface area contributed by atoms with Gasteiger partial charge in [0.15, 0.2) is 0 Å². The maximum absolute atomic E-state index is 12.6. The molecule has 2 aromatic rings. The number of rotatable bonds is 5. The van der Waals surface area contributed by atoms with Gasteiger partial charge in [0.25, 0.3) is 5.91 Å². The topological polar surface area (TPSA) is 67.6 Å². The number of nitrogens with zero attached hydrogens (tertiary/aromatic N) is 3. The fourth-order valence-electron chi connectivity index (χ4n) is 2.42. The van der Waals surface area contributed by atoms with Crippen molar-refractivity contribution in [3.8, 4) is 5.75 Å². The zero-order chi connectivity index (χ0) is 16.3. The molecule has 0 aliphatic heterocycles. The monoisotopic (exact) mass is 303 g/mol. The summed E-state index contributed by atoms with van der Waals surface area (Å²) >= 11 is 0. The maximum atomic E-state index is 12.6. The Morgan fingerprint density at radius 1 is 1.41 bits per heavy atom. The van der Waals surface area contributed by atoms with Gasteiger partial charge in [0.05, 0.1) is 31.0 Å². The lowest BCUT2D eigenvalue weighted by atomic mass is 10.1. The summed E-state index contributed by atoms with van der Waals surface area (Å²) in [6, 6.07) is 6.90. The van der Waals surface area contributed by atoms with Crippen LogP contribution in [0.3, 0.4) is 0 Å². The molecule has 1 aromatic carbocycles. The molecule has 0 radical (unpaired) electrons. The predicted octanol–water partition coefficient (Wildman–Crippen LogP) is 1.54. The normalized spacial score (nSPS) is 12.0. The first-order valence-corrected chi connectivity index (χ1v) is 7.00. The van der Waals surface area contributed by atoms with Crippen LogP contribution in [0.25, 0.3) is 0 Å². The van der Waals surface area contributed by atoms with Gasteiger partial charge in [-0.05, 0) is 24.6 Å². The number of hydrogen-bond acceptors (Lipinski definition) is 4. The van der Waals surface area contributed by atoms with Crippen LogP contribution in [0.1, 0.15) is 27.7 Å². The van der Waals surface area contributed by atoms with Crippen molar-refractivity contribution in [3.05, 3.63) is 47.3 Å². The lowest BCUT2D eigenvalue weighted by molar-refractivity contribution is 0.0657. The lowest BCUT2D eigenvalue weighted by Crippen LogP contribution is -2.33. The van der Waals surface area contributed by atoms with Crippen molar-refractivity contribution in [2.75, 3.05) is 20.8 Å². The SMILES string of the molecule is COc1ccc(C(CO)N(C)C(=O)c2cn(C)nc2C)cc1. The van der Waals surface area contributed by atoms with Crippen LogP contribution >= 0.6 is 0 Å². The Morgan fingerprint density at radius 2 is 2.05 bits per heavy atom. The molecule has 1 amide bonds. The summed E-state index contributed by atoms with van der Waals surface area (Å²) in [6.07, 6.45) is 1.69. The number of aliphatic hydroxyl groups excluding tert-OH is 1. The second kappa shape index (κ2) is 6.62. The van der Waals surface area contributed by atoms with Crippen LogP contribution in [0.4, 0.5) is 0 Å². The number of methoxy groups -OCH3 is 1. The quantitative estimate of drug-likeness (QED) is 0.910. The van der Waals surface area contributed by atoms with Crippen LogP contribution in [0, 0.1) is 6.92 Å². The van der Waals surface area contributed by atoms with Crippen LogP contribution in [-0.4, -0.2) is 46.5 Å². The molecular weight excluding hydrogens is 282 g/mol. The summed E-state index contributed by atoms with van der Waals surface area (Å²) < 4.78 is 6.73. The first kappa shape index (κ1) is 16.0. The molecule has 0 bridgehead atoms. The maximum Gasteiger partial charge on any atom is 0.257 e. The summed E-state index contributed by atoms with van der Waals surface area (Å²) in [4.78, 5) is 14.1. The van der Waals surface area contributed by atoms with Crippen LogP contribution in [0.2, 0.25) is 0 Å². The largest absolute Gasteiger partial charge is 0.497 e. The Hall–Kier alpha value is -2.34. The number of likely N-dealkylation sites (N-methyl/N-ethyl adjacent to an activating group) is 1. The Labute approximate surface area is 129 Å². The highest BCUT2D eigenvalue weighted by Gasteiger charge is 2.24. The summed E-state index contributed by atoms with van der Waals surface area (Å²) in [5, 5.41) is 13.9. The third-order valence-corrected chi connectivity index (χ3v) is 3.71. The molecular formula is C16H21N3O3. The summed E-state index contributed by atoms with van der Waals surface area (Å²) in [5.41, 5.74) is 2.06. The van der Waals surface area contributed by atoms with Gasteiger partial charge >= 0.3 is 0 Å². The molecule has 0 aliphatic rings. The standard InChI is InChI=1S/C16H21N3O3/c1-11-14(9-18(2)17-11)16(21)19(3)15(10-20)12-5-7-13(22-4)8-6-12/h5-9,15,20H,10H2,1-4H3. The van der Waals surface area contributed by atoms with Crippen LogP contribution in [-0.2, 0) is 7.05 Å². The molecule has 22 heavy (non-hydrogen) atoms. The van der Waals surface area contributed by atoms with Gasteiger partial charge in [-0.2, -0.15) is 5.10 Å². The number of benzene rings is 1. The second-order valence-corrected chi connectivity index (χ2v) is 5.19. The molecule has 1 atom stereocenters. The van der Waals surface area contributed by atoms with Crippen molar-refractivity contribution in [2.24, 2.45) is 7.05 Å². The molecule has 0 saturated heterocycles. The van der Waals surface area contributed by atoms with E-state index in [0.717, 1.165) is 11.3 Å². The molecule has 6 heteroatoms. The van der Waals surface area contributed by atoms with Gasteiger partial charge in [0.1, 0.15) is 5.75 Å². The van der Waals surface area contributed by atoms with Crippen molar-refractivity contribution >= 4 is 5.91 Å². The van der Waals surface area contributed by atoms with E-state index >= 15 is 0 Å². The predicted molar refractivity (Wildman–Crippen MR) is 82.9 cm³/mol. The Bertz CT molecular complexity index is 649. The number of ether oxygens (including phenoxy) is 1. The zero-order valence-electron chi connectivity index (χ0n) is 13.3. The molecule has 1 heterocycles. The van der Waals surface area contributed by atoms with Gasteiger partial charge in [0.2, 0.25) is 0 Å².